The Bertz CT molecular complexity index is 646. The first-order valence-corrected chi connectivity index (χ1v) is 9.52. The molecule has 0 radical (unpaired) electrons. The van der Waals surface area contributed by atoms with E-state index in [9.17, 15) is 9.59 Å². The number of hydrogen-bond acceptors (Lipinski definition) is 2. The Morgan fingerprint density at radius 3 is 2.36 bits per heavy atom. The van der Waals surface area contributed by atoms with E-state index in [1.807, 2.05) is 11.0 Å². The van der Waals surface area contributed by atoms with Crippen molar-refractivity contribution >= 4 is 11.9 Å². The Kier molecular flexibility index (Phi) is 4.18. The third-order valence-electron chi connectivity index (χ3n) is 6.43. The van der Waals surface area contributed by atoms with E-state index in [2.05, 4.69) is 34.5 Å². The molecule has 1 aliphatic carbocycles. The normalized spacial score (nSPS) is 26.0. The molecule has 25 heavy (non-hydrogen) atoms. The Morgan fingerprint density at radius 2 is 1.76 bits per heavy atom. The second-order valence-electron chi connectivity index (χ2n) is 7.66. The van der Waals surface area contributed by atoms with E-state index in [0.717, 1.165) is 51.6 Å². The number of likely N-dealkylation sites (tertiary alicyclic amines) is 2. The molecule has 4 rings (SSSR count). The SMILES string of the molecule is CNC(=O)N1CCC(N2C(=O)C3(CCCC3)C2c2ccccc2)CC1. The Hall–Kier alpha value is -2.04. The third kappa shape index (κ3) is 2.52. The molecule has 0 bridgehead atoms. The summed E-state index contributed by atoms with van der Waals surface area (Å²) in [6, 6.07) is 11.0. The van der Waals surface area contributed by atoms with E-state index in [4.69, 9.17) is 0 Å². The molecular weight excluding hydrogens is 314 g/mol. The van der Waals surface area contributed by atoms with Gasteiger partial charge >= 0.3 is 6.03 Å². The minimum absolute atomic E-state index is 0.0136. The number of nitrogens with zero attached hydrogens (tertiary/aromatic N) is 2. The summed E-state index contributed by atoms with van der Waals surface area (Å²) < 4.78 is 0. The number of nitrogens with one attached hydrogen (secondary N) is 1. The highest BCUT2D eigenvalue weighted by Gasteiger charge is 2.63. The molecule has 2 aliphatic heterocycles. The summed E-state index contributed by atoms with van der Waals surface area (Å²) in [4.78, 5) is 29.0. The fraction of sp³-hybridized carbons (Fsp3) is 0.600. The minimum atomic E-state index is -0.153. The fourth-order valence-electron chi connectivity index (χ4n) is 5.18. The van der Waals surface area contributed by atoms with Gasteiger partial charge in [-0.1, -0.05) is 43.2 Å². The zero-order valence-electron chi connectivity index (χ0n) is 14.9. The first-order valence-electron chi connectivity index (χ1n) is 9.52. The molecule has 5 nitrogen and oxygen atoms in total. The van der Waals surface area contributed by atoms with Crippen molar-refractivity contribution < 1.29 is 9.59 Å². The maximum atomic E-state index is 13.2. The van der Waals surface area contributed by atoms with E-state index in [1.54, 1.807) is 7.05 Å². The molecule has 1 spiro atoms. The van der Waals surface area contributed by atoms with E-state index < -0.39 is 0 Å². The van der Waals surface area contributed by atoms with Gasteiger partial charge in [0.25, 0.3) is 0 Å². The summed E-state index contributed by atoms with van der Waals surface area (Å²) in [5, 5.41) is 2.70. The highest BCUT2D eigenvalue weighted by molar-refractivity contribution is 5.91. The van der Waals surface area contributed by atoms with Crippen LogP contribution >= 0.6 is 0 Å². The zero-order valence-corrected chi connectivity index (χ0v) is 14.9. The number of rotatable bonds is 2. The number of hydrogen-bond donors (Lipinski definition) is 1. The summed E-state index contributed by atoms with van der Waals surface area (Å²) >= 11 is 0. The number of piperidine rings is 1. The van der Waals surface area contributed by atoms with Crippen LogP contribution in [0.3, 0.4) is 0 Å². The van der Waals surface area contributed by atoms with Gasteiger partial charge in [-0.15, -0.1) is 0 Å². The number of benzene rings is 1. The van der Waals surface area contributed by atoms with Crippen LogP contribution in [-0.4, -0.2) is 47.9 Å². The van der Waals surface area contributed by atoms with Crippen LogP contribution in [0.25, 0.3) is 0 Å². The van der Waals surface area contributed by atoms with Crippen molar-refractivity contribution in [2.45, 2.75) is 50.6 Å². The lowest BCUT2D eigenvalue weighted by Crippen LogP contribution is -2.66. The Morgan fingerprint density at radius 1 is 1.12 bits per heavy atom. The summed E-state index contributed by atoms with van der Waals surface area (Å²) in [6.07, 6.45) is 6.13. The van der Waals surface area contributed by atoms with Gasteiger partial charge in [-0.25, -0.2) is 4.79 Å². The highest BCUT2D eigenvalue weighted by Crippen LogP contribution is 2.60. The van der Waals surface area contributed by atoms with Gasteiger partial charge in [0.2, 0.25) is 5.91 Å². The summed E-state index contributed by atoms with van der Waals surface area (Å²) in [5.74, 6) is 0.359. The van der Waals surface area contributed by atoms with Crippen LogP contribution in [0.2, 0.25) is 0 Å². The van der Waals surface area contributed by atoms with Crippen molar-refractivity contribution in [3.8, 4) is 0 Å². The lowest BCUT2D eigenvalue weighted by molar-refractivity contribution is -0.180. The van der Waals surface area contributed by atoms with Gasteiger partial charge in [0.15, 0.2) is 0 Å². The van der Waals surface area contributed by atoms with E-state index in [1.165, 1.54) is 5.56 Å². The first kappa shape index (κ1) is 16.4. The van der Waals surface area contributed by atoms with Crippen molar-refractivity contribution in [3.63, 3.8) is 0 Å². The van der Waals surface area contributed by atoms with E-state index in [-0.39, 0.29) is 23.5 Å². The van der Waals surface area contributed by atoms with Gasteiger partial charge in [-0.2, -0.15) is 0 Å². The average Bonchev–Trinajstić information content (AvgIpc) is 3.18. The quantitative estimate of drug-likeness (QED) is 0.841. The van der Waals surface area contributed by atoms with Crippen molar-refractivity contribution in [2.24, 2.45) is 5.41 Å². The predicted molar refractivity (Wildman–Crippen MR) is 96.0 cm³/mol. The van der Waals surface area contributed by atoms with Crippen molar-refractivity contribution in [1.82, 2.24) is 15.1 Å². The Labute approximate surface area is 149 Å². The molecule has 1 saturated carbocycles. The maximum absolute atomic E-state index is 13.2. The fourth-order valence-corrected chi connectivity index (χ4v) is 5.18. The van der Waals surface area contributed by atoms with Crippen LogP contribution < -0.4 is 5.32 Å². The molecular formula is C20H27N3O2. The number of carbonyl (C=O) groups excluding carboxylic acids is 2. The topological polar surface area (TPSA) is 52.7 Å². The molecule has 1 N–H and O–H groups in total. The number of amides is 3. The van der Waals surface area contributed by atoms with Crippen LogP contribution in [0.15, 0.2) is 30.3 Å². The van der Waals surface area contributed by atoms with Crippen molar-refractivity contribution in [1.29, 1.82) is 0 Å². The van der Waals surface area contributed by atoms with Crippen LogP contribution in [0.5, 0.6) is 0 Å². The monoisotopic (exact) mass is 341 g/mol. The summed E-state index contributed by atoms with van der Waals surface area (Å²) in [5.41, 5.74) is 1.12. The first-order chi connectivity index (χ1) is 12.2. The second-order valence-corrected chi connectivity index (χ2v) is 7.66. The molecule has 2 heterocycles. The van der Waals surface area contributed by atoms with Gasteiger partial charge in [0, 0.05) is 26.2 Å². The molecule has 1 aromatic rings. The molecule has 3 fully saturated rings. The smallest absolute Gasteiger partial charge is 0.317 e. The van der Waals surface area contributed by atoms with Gasteiger partial charge in [0.1, 0.15) is 0 Å². The molecule has 3 amide bonds. The van der Waals surface area contributed by atoms with Crippen molar-refractivity contribution in [3.05, 3.63) is 35.9 Å². The molecule has 1 aromatic carbocycles. The average molecular weight is 341 g/mol. The lowest BCUT2D eigenvalue weighted by Gasteiger charge is -2.59. The second kappa shape index (κ2) is 6.36. The van der Waals surface area contributed by atoms with E-state index >= 15 is 0 Å². The van der Waals surface area contributed by atoms with Gasteiger partial charge < -0.3 is 15.1 Å². The van der Waals surface area contributed by atoms with Crippen LogP contribution in [0.4, 0.5) is 4.79 Å². The summed E-state index contributed by atoms with van der Waals surface area (Å²) in [6.45, 7) is 1.45. The number of carbonyl (C=O) groups is 2. The van der Waals surface area contributed by atoms with Gasteiger partial charge in [0.05, 0.1) is 11.5 Å². The largest absolute Gasteiger partial charge is 0.341 e. The molecule has 3 aliphatic rings. The maximum Gasteiger partial charge on any atom is 0.317 e. The van der Waals surface area contributed by atoms with Gasteiger partial charge in [-0.05, 0) is 31.2 Å². The predicted octanol–water partition coefficient (Wildman–Crippen LogP) is 2.93. The molecule has 2 saturated heterocycles. The molecule has 1 atom stereocenters. The molecule has 0 aromatic heterocycles. The third-order valence-corrected chi connectivity index (χ3v) is 6.43. The summed E-state index contributed by atoms with van der Waals surface area (Å²) in [7, 11) is 1.67. The standard InChI is InChI=1S/C20H27N3O2/c1-21-19(25)22-13-9-16(10-14-22)23-17(15-7-3-2-4-8-15)20(18(23)24)11-5-6-12-20/h2-4,7-8,16-17H,5-6,9-14H2,1H3,(H,21,25). The van der Waals surface area contributed by atoms with Crippen molar-refractivity contribution in [2.75, 3.05) is 20.1 Å². The van der Waals surface area contributed by atoms with Crippen LogP contribution in [0, 0.1) is 5.41 Å². The van der Waals surface area contributed by atoms with Crippen LogP contribution in [-0.2, 0) is 4.79 Å². The number of β-lactam (4-membered cyclic amide) rings is 1. The van der Waals surface area contributed by atoms with Gasteiger partial charge in [-0.3, -0.25) is 4.79 Å². The minimum Gasteiger partial charge on any atom is -0.341 e. The highest BCUT2D eigenvalue weighted by atomic mass is 16.2. The van der Waals surface area contributed by atoms with E-state index in [0.29, 0.717) is 5.91 Å². The molecule has 1 unspecified atom stereocenters. The van der Waals surface area contributed by atoms with Crippen LogP contribution in [0.1, 0.15) is 50.1 Å². The molecule has 5 heteroatoms. The lowest BCUT2D eigenvalue weighted by atomic mass is 9.65. The molecule has 134 valence electrons. The zero-order chi connectivity index (χ0) is 17.4. The number of urea groups is 1. The Balaban J connectivity index is 1.55.